The Hall–Kier alpha value is -2.50. The lowest BCUT2D eigenvalue weighted by atomic mass is 10.2. The Bertz CT molecular complexity index is 947. The summed E-state index contributed by atoms with van der Waals surface area (Å²) in [6.07, 6.45) is 1.24. The maximum absolute atomic E-state index is 5.84. The molecule has 140 valence electrons. The topological polar surface area (TPSA) is 34.0 Å². The number of nitrogens with zero attached hydrogens (tertiary/aromatic N) is 2. The highest BCUT2D eigenvalue weighted by Gasteiger charge is 2.14. The molecule has 0 atom stereocenters. The Morgan fingerprint density at radius 1 is 0.714 bits per heavy atom. The molecular formula is C23H20N2OS2. The summed E-state index contributed by atoms with van der Waals surface area (Å²) in [6.45, 7) is 0. The standard InChI is InChI=1S/C23H20N2OS2/c1-3-8-18(9-4-1)22(23-27-16-7-17-28-23)25-24-19-12-14-21(15-13-19)26-20-10-5-2-6-11-20/h1-6,8-15H,7,16-17H2. The second kappa shape index (κ2) is 9.62. The molecule has 1 heterocycles. The van der Waals surface area contributed by atoms with E-state index in [1.165, 1.54) is 10.7 Å². The highest BCUT2D eigenvalue weighted by atomic mass is 32.2. The lowest BCUT2D eigenvalue weighted by molar-refractivity contribution is 0.483. The van der Waals surface area contributed by atoms with Gasteiger partial charge in [-0.1, -0.05) is 48.5 Å². The molecule has 0 aliphatic carbocycles. The first-order valence-electron chi connectivity index (χ1n) is 9.18. The van der Waals surface area contributed by atoms with Crippen LogP contribution >= 0.6 is 23.5 Å². The van der Waals surface area contributed by atoms with Gasteiger partial charge in [0.15, 0.2) is 0 Å². The van der Waals surface area contributed by atoms with E-state index in [-0.39, 0.29) is 0 Å². The molecule has 0 aromatic heterocycles. The SMILES string of the molecule is c1ccc(Oc2ccc(N=NC(=C3SCCCS3)c3ccccc3)cc2)cc1. The van der Waals surface area contributed by atoms with Crippen LogP contribution in [-0.2, 0) is 0 Å². The minimum absolute atomic E-state index is 0.783. The molecule has 0 spiro atoms. The molecule has 1 fully saturated rings. The van der Waals surface area contributed by atoms with E-state index in [1.807, 2.05) is 96.3 Å². The average molecular weight is 405 g/mol. The van der Waals surface area contributed by atoms with Crippen molar-refractivity contribution in [2.24, 2.45) is 10.2 Å². The molecule has 0 radical (unpaired) electrons. The predicted octanol–water partition coefficient (Wildman–Crippen LogP) is 7.76. The fourth-order valence-corrected chi connectivity index (χ4v) is 5.25. The Morgan fingerprint density at radius 3 is 2.00 bits per heavy atom. The quantitative estimate of drug-likeness (QED) is 0.407. The van der Waals surface area contributed by atoms with Crippen molar-refractivity contribution in [3.8, 4) is 11.5 Å². The predicted molar refractivity (Wildman–Crippen MR) is 120 cm³/mol. The van der Waals surface area contributed by atoms with E-state index < -0.39 is 0 Å². The van der Waals surface area contributed by atoms with Crippen LogP contribution in [0.25, 0.3) is 5.70 Å². The molecule has 0 bridgehead atoms. The number of hydrogen-bond acceptors (Lipinski definition) is 5. The van der Waals surface area contributed by atoms with Crippen LogP contribution < -0.4 is 4.74 Å². The van der Waals surface area contributed by atoms with Gasteiger partial charge in [-0.05, 0) is 54.3 Å². The molecule has 1 saturated heterocycles. The van der Waals surface area contributed by atoms with Gasteiger partial charge >= 0.3 is 0 Å². The maximum atomic E-state index is 5.84. The van der Waals surface area contributed by atoms with Crippen molar-refractivity contribution in [3.63, 3.8) is 0 Å². The highest BCUT2D eigenvalue weighted by molar-refractivity contribution is 8.23. The van der Waals surface area contributed by atoms with E-state index >= 15 is 0 Å². The number of rotatable bonds is 5. The number of azo groups is 1. The number of thioether (sulfide) groups is 2. The summed E-state index contributed by atoms with van der Waals surface area (Å²) in [4.78, 5) is 0. The average Bonchev–Trinajstić information content (AvgIpc) is 2.77. The fourth-order valence-electron chi connectivity index (χ4n) is 2.69. The Kier molecular flexibility index (Phi) is 6.48. The Balaban J connectivity index is 1.54. The normalized spacial score (nSPS) is 14.2. The second-order valence-electron chi connectivity index (χ2n) is 6.16. The van der Waals surface area contributed by atoms with Crippen LogP contribution in [0.3, 0.4) is 0 Å². The first-order chi connectivity index (χ1) is 13.9. The summed E-state index contributed by atoms with van der Waals surface area (Å²) >= 11 is 3.75. The molecule has 1 aliphatic rings. The summed E-state index contributed by atoms with van der Waals surface area (Å²) in [5.41, 5.74) is 2.87. The van der Waals surface area contributed by atoms with E-state index in [0.29, 0.717) is 0 Å². The first kappa shape index (κ1) is 18.8. The van der Waals surface area contributed by atoms with Gasteiger partial charge in [-0.15, -0.1) is 28.6 Å². The molecule has 5 heteroatoms. The first-order valence-corrected chi connectivity index (χ1v) is 11.2. The molecule has 3 aromatic carbocycles. The highest BCUT2D eigenvalue weighted by Crippen LogP contribution is 2.41. The van der Waals surface area contributed by atoms with Gasteiger partial charge in [-0.25, -0.2) is 0 Å². The van der Waals surface area contributed by atoms with E-state index in [1.54, 1.807) is 0 Å². The number of hydrogen-bond donors (Lipinski definition) is 0. The van der Waals surface area contributed by atoms with E-state index in [9.17, 15) is 0 Å². The van der Waals surface area contributed by atoms with Crippen LogP contribution in [0.2, 0.25) is 0 Å². The van der Waals surface area contributed by atoms with Crippen LogP contribution in [0.4, 0.5) is 5.69 Å². The summed E-state index contributed by atoms with van der Waals surface area (Å²) in [5, 5.41) is 9.11. The zero-order chi connectivity index (χ0) is 19.0. The van der Waals surface area contributed by atoms with Gasteiger partial charge in [-0.2, -0.15) is 5.11 Å². The van der Waals surface area contributed by atoms with Gasteiger partial charge in [0.1, 0.15) is 17.2 Å². The van der Waals surface area contributed by atoms with Gasteiger partial charge in [0.2, 0.25) is 0 Å². The van der Waals surface area contributed by atoms with Crippen LogP contribution in [0.1, 0.15) is 12.0 Å². The van der Waals surface area contributed by atoms with Gasteiger partial charge in [0.05, 0.1) is 9.92 Å². The van der Waals surface area contributed by atoms with Crippen molar-refractivity contribution in [1.82, 2.24) is 0 Å². The molecular weight excluding hydrogens is 384 g/mol. The van der Waals surface area contributed by atoms with Crippen LogP contribution in [-0.4, -0.2) is 11.5 Å². The smallest absolute Gasteiger partial charge is 0.127 e. The van der Waals surface area contributed by atoms with Crippen molar-refractivity contribution >= 4 is 34.9 Å². The number of ether oxygens (including phenoxy) is 1. The zero-order valence-electron chi connectivity index (χ0n) is 15.3. The van der Waals surface area contributed by atoms with Gasteiger partial charge in [0, 0.05) is 5.56 Å². The Labute approximate surface area is 173 Å². The van der Waals surface area contributed by atoms with Crippen LogP contribution in [0.5, 0.6) is 11.5 Å². The molecule has 1 aliphatic heterocycles. The summed E-state index contributed by atoms with van der Waals surface area (Å²) in [6, 6.07) is 27.7. The molecule has 4 rings (SSSR count). The summed E-state index contributed by atoms with van der Waals surface area (Å²) in [7, 11) is 0. The maximum Gasteiger partial charge on any atom is 0.127 e. The molecule has 28 heavy (non-hydrogen) atoms. The van der Waals surface area contributed by atoms with Gasteiger partial charge < -0.3 is 4.74 Å². The fraction of sp³-hybridized carbons (Fsp3) is 0.130. The van der Waals surface area contributed by atoms with Crippen LogP contribution in [0, 0.1) is 0 Å². The molecule has 3 nitrogen and oxygen atoms in total. The van der Waals surface area contributed by atoms with Crippen molar-refractivity contribution in [1.29, 1.82) is 0 Å². The van der Waals surface area contributed by atoms with Crippen molar-refractivity contribution in [2.75, 3.05) is 11.5 Å². The third-order valence-electron chi connectivity index (χ3n) is 4.08. The molecule has 3 aromatic rings. The second-order valence-corrected chi connectivity index (χ2v) is 8.63. The molecule has 0 saturated carbocycles. The molecule has 0 N–H and O–H groups in total. The zero-order valence-corrected chi connectivity index (χ0v) is 17.0. The minimum atomic E-state index is 0.783. The summed E-state index contributed by atoms with van der Waals surface area (Å²) < 4.78 is 7.09. The molecule has 0 amide bonds. The third kappa shape index (κ3) is 5.06. The monoisotopic (exact) mass is 404 g/mol. The van der Waals surface area contributed by atoms with E-state index in [4.69, 9.17) is 4.74 Å². The lowest BCUT2D eigenvalue weighted by Crippen LogP contribution is -1.94. The van der Waals surface area contributed by atoms with Crippen molar-refractivity contribution < 1.29 is 4.74 Å². The van der Waals surface area contributed by atoms with Gasteiger partial charge in [0.25, 0.3) is 0 Å². The number of para-hydroxylation sites is 1. The summed E-state index contributed by atoms with van der Waals surface area (Å²) in [5.74, 6) is 3.88. The van der Waals surface area contributed by atoms with Crippen molar-refractivity contribution in [2.45, 2.75) is 6.42 Å². The minimum Gasteiger partial charge on any atom is -0.457 e. The van der Waals surface area contributed by atoms with E-state index in [0.717, 1.165) is 40.0 Å². The van der Waals surface area contributed by atoms with Gasteiger partial charge in [-0.3, -0.25) is 0 Å². The van der Waals surface area contributed by atoms with Crippen molar-refractivity contribution in [3.05, 3.63) is 94.7 Å². The Morgan fingerprint density at radius 2 is 1.32 bits per heavy atom. The number of benzene rings is 3. The van der Waals surface area contributed by atoms with Crippen LogP contribution in [0.15, 0.2) is 99.4 Å². The molecule has 0 unspecified atom stereocenters. The third-order valence-corrected chi connectivity index (χ3v) is 6.68. The lowest BCUT2D eigenvalue weighted by Gasteiger charge is -2.15. The van der Waals surface area contributed by atoms with E-state index in [2.05, 4.69) is 22.4 Å². The largest absolute Gasteiger partial charge is 0.457 e.